The van der Waals surface area contributed by atoms with Gasteiger partial charge in [-0.05, 0) is 31.2 Å². The minimum Gasteiger partial charge on any atom is -0.391 e. The number of nitrogens with one attached hydrogen (secondary N) is 1. The average Bonchev–Trinajstić information content (AvgIpc) is 2.73. The Morgan fingerprint density at radius 2 is 1.94 bits per heavy atom. The van der Waals surface area contributed by atoms with E-state index < -0.39 is 16.1 Å². The monoisotopic (exact) mass is 269 g/mol. The number of aryl methyl sites for hydroxylation is 1. The molecule has 0 spiro atoms. The molecular formula is C13H19NO3S. The molecule has 0 bridgehead atoms. The lowest BCUT2D eigenvalue weighted by Gasteiger charge is -2.16. The van der Waals surface area contributed by atoms with Crippen LogP contribution in [-0.4, -0.2) is 31.4 Å². The van der Waals surface area contributed by atoms with E-state index in [0.717, 1.165) is 18.4 Å². The van der Waals surface area contributed by atoms with Crippen molar-refractivity contribution in [2.75, 3.05) is 5.75 Å². The van der Waals surface area contributed by atoms with E-state index in [4.69, 9.17) is 0 Å². The number of benzene rings is 1. The summed E-state index contributed by atoms with van der Waals surface area (Å²) in [5.74, 6) is 0.0697. The Kier molecular flexibility index (Phi) is 4.37. The van der Waals surface area contributed by atoms with Gasteiger partial charge in [0.15, 0.2) is 0 Å². The highest BCUT2D eigenvalue weighted by molar-refractivity contribution is 7.89. The molecule has 1 aromatic carbocycles. The van der Waals surface area contributed by atoms with E-state index in [1.165, 1.54) is 0 Å². The molecule has 4 nitrogen and oxygen atoms in total. The van der Waals surface area contributed by atoms with Gasteiger partial charge in [0.1, 0.15) is 0 Å². The van der Waals surface area contributed by atoms with E-state index in [-0.39, 0.29) is 11.8 Å². The lowest BCUT2D eigenvalue weighted by molar-refractivity contribution is 0.159. The summed E-state index contributed by atoms with van der Waals surface area (Å²) >= 11 is 0. The van der Waals surface area contributed by atoms with Gasteiger partial charge in [-0.25, -0.2) is 13.1 Å². The van der Waals surface area contributed by atoms with Gasteiger partial charge in [0.2, 0.25) is 10.0 Å². The van der Waals surface area contributed by atoms with Crippen LogP contribution in [0.4, 0.5) is 0 Å². The average molecular weight is 269 g/mol. The molecule has 1 aliphatic rings. The lowest BCUT2D eigenvalue weighted by Crippen LogP contribution is -2.41. The molecule has 0 radical (unpaired) electrons. The van der Waals surface area contributed by atoms with Gasteiger partial charge in [0.05, 0.1) is 11.9 Å². The first kappa shape index (κ1) is 13.5. The van der Waals surface area contributed by atoms with E-state index in [0.29, 0.717) is 12.8 Å². The molecule has 18 heavy (non-hydrogen) atoms. The third kappa shape index (κ3) is 3.80. The van der Waals surface area contributed by atoms with Crippen LogP contribution in [0.1, 0.15) is 24.8 Å². The maximum Gasteiger partial charge on any atom is 0.212 e. The Balaban J connectivity index is 1.88. The summed E-state index contributed by atoms with van der Waals surface area (Å²) in [5, 5.41) is 9.61. The van der Waals surface area contributed by atoms with Gasteiger partial charge in [0.25, 0.3) is 0 Å². The third-order valence-electron chi connectivity index (χ3n) is 3.31. The lowest BCUT2D eigenvalue weighted by atomic mass is 10.2. The van der Waals surface area contributed by atoms with Gasteiger partial charge in [-0.1, -0.05) is 30.3 Å². The first-order valence-electron chi connectivity index (χ1n) is 6.29. The fourth-order valence-electron chi connectivity index (χ4n) is 2.26. The number of sulfonamides is 1. The van der Waals surface area contributed by atoms with Crippen LogP contribution < -0.4 is 4.72 Å². The molecule has 1 aliphatic carbocycles. The molecule has 100 valence electrons. The Morgan fingerprint density at radius 1 is 1.22 bits per heavy atom. The topological polar surface area (TPSA) is 66.4 Å². The molecule has 5 heteroatoms. The van der Waals surface area contributed by atoms with E-state index in [1.54, 1.807) is 0 Å². The van der Waals surface area contributed by atoms with Crippen molar-refractivity contribution in [2.45, 2.75) is 37.8 Å². The van der Waals surface area contributed by atoms with Crippen molar-refractivity contribution >= 4 is 10.0 Å². The second-order valence-electron chi connectivity index (χ2n) is 4.78. The summed E-state index contributed by atoms with van der Waals surface area (Å²) in [5.41, 5.74) is 1.01. The van der Waals surface area contributed by atoms with Crippen LogP contribution in [-0.2, 0) is 16.4 Å². The number of hydrogen-bond acceptors (Lipinski definition) is 3. The Morgan fingerprint density at radius 3 is 2.56 bits per heavy atom. The van der Waals surface area contributed by atoms with Crippen LogP contribution in [0.2, 0.25) is 0 Å². The van der Waals surface area contributed by atoms with Crippen LogP contribution in [0.3, 0.4) is 0 Å². The minimum atomic E-state index is -3.31. The van der Waals surface area contributed by atoms with Crippen LogP contribution in [0.25, 0.3) is 0 Å². The highest BCUT2D eigenvalue weighted by atomic mass is 32.2. The van der Waals surface area contributed by atoms with Gasteiger partial charge in [-0.2, -0.15) is 0 Å². The van der Waals surface area contributed by atoms with Crippen LogP contribution in [0.5, 0.6) is 0 Å². The zero-order valence-corrected chi connectivity index (χ0v) is 11.1. The SMILES string of the molecule is O=S(=O)(CCc1ccccc1)N[C@@H]1CCC[C@H]1O. The number of aliphatic hydroxyl groups excluding tert-OH is 1. The predicted octanol–water partition coefficient (Wildman–Crippen LogP) is 1.06. The molecule has 1 fully saturated rings. The normalized spacial score (nSPS) is 24.3. The zero-order valence-electron chi connectivity index (χ0n) is 10.2. The van der Waals surface area contributed by atoms with Crippen LogP contribution >= 0.6 is 0 Å². The maximum atomic E-state index is 11.9. The maximum absolute atomic E-state index is 11.9. The fraction of sp³-hybridized carbons (Fsp3) is 0.538. The summed E-state index contributed by atoms with van der Waals surface area (Å²) in [6.45, 7) is 0. The second-order valence-corrected chi connectivity index (χ2v) is 6.65. The smallest absolute Gasteiger partial charge is 0.212 e. The first-order chi connectivity index (χ1) is 8.57. The Hall–Kier alpha value is -0.910. The van der Waals surface area contributed by atoms with Gasteiger partial charge in [-0.3, -0.25) is 0 Å². The standard InChI is InChI=1S/C13H19NO3S/c15-13-8-4-7-12(13)14-18(16,17)10-9-11-5-2-1-3-6-11/h1-3,5-6,12-15H,4,7-10H2/t12-,13-/m1/s1. The molecule has 2 rings (SSSR count). The summed E-state index contributed by atoms with van der Waals surface area (Å²) in [4.78, 5) is 0. The van der Waals surface area contributed by atoms with Gasteiger partial charge >= 0.3 is 0 Å². The summed E-state index contributed by atoms with van der Waals surface area (Å²) < 4.78 is 26.4. The highest BCUT2D eigenvalue weighted by Crippen LogP contribution is 2.19. The Bertz CT molecular complexity index is 472. The highest BCUT2D eigenvalue weighted by Gasteiger charge is 2.28. The van der Waals surface area contributed by atoms with E-state index >= 15 is 0 Å². The van der Waals surface area contributed by atoms with Gasteiger partial charge in [-0.15, -0.1) is 0 Å². The molecule has 1 saturated carbocycles. The molecule has 1 aromatic rings. The third-order valence-corrected chi connectivity index (χ3v) is 4.72. The van der Waals surface area contributed by atoms with E-state index in [1.807, 2.05) is 30.3 Å². The Labute approximate surface area is 108 Å². The van der Waals surface area contributed by atoms with Crippen molar-refractivity contribution in [1.82, 2.24) is 4.72 Å². The largest absolute Gasteiger partial charge is 0.391 e. The summed E-state index contributed by atoms with van der Waals surface area (Å²) in [7, 11) is -3.31. The first-order valence-corrected chi connectivity index (χ1v) is 7.94. The van der Waals surface area contributed by atoms with Crippen molar-refractivity contribution in [3.63, 3.8) is 0 Å². The van der Waals surface area contributed by atoms with Crippen molar-refractivity contribution in [3.8, 4) is 0 Å². The number of aliphatic hydroxyl groups is 1. The van der Waals surface area contributed by atoms with Crippen LogP contribution in [0, 0.1) is 0 Å². The van der Waals surface area contributed by atoms with Crippen LogP contribution in [0.15, 0.2) is 30.3 Å². The quantitative estimate of drug-likeness (QED) is 0.840. The molecule has 0 heterocycles. The van der Waals surface area contributed by atoms with E-state index in [9.17, 15) is 13.5 Å². The summed E-state index contributed by atoms with van der Waals surface area (Å²) in [6.07, 6.45) is 2.26. The van der Waals surface area contributed by atoms with Crippen molar-refractivity contribution in [1.29, 1.82) is 0 Å². The molecule has 0 aliphatic heterocycles. The minimum absolute atomic E-state index is 0.0697. The fourth-order valence-corrected chi connectivity index (χ4v) is 3.62. The van der Waals surface area contributed by atoms with Crippen molar-refractivity contribution < 1.29 is 13.5 Å². The molecule has 0 unspecified atom stereocenters. The number of rotatable bonds is 5. The summed E-state index contributed by atoms with van der Waals surface area (Å²) in [6, 6.07) is 9.24. The second kappa shape index (κ2) is 5.82. The molecule has 2 N–H and O–H groups in total. The number of hydrogen-bond donors (Lipinski definition) is 2. The molecule has 0 amide bonds. The van der Waals surface area contributed by atoms with Gasteiger partial charge in [0, 0.05) is 6.04 Å². The van der Waals surface area contributed by atoms with Gasteiger partial charge < -0.3 is 5.11 Å². The van der Waals surface area contributed by atoms with Crippen molar-refractivity contribution in [2.24, 2.45) is 0 Å². The molecule has 0 aromatic heterocycles. The molecule has 2 atom stereocenters. The van der Waals surface area contributed by atoms with Crippen molar-refractivity contribution in [3.05, 3.63) is 35.9 Å². The molecular weight excluding hydrogens is 250 g/mol. The zero-order chi connectivity index (χ0) is 13.0. The van der Waals surface area contributed by atoms with E-state index in [2.05, 4.69) is 4.72 Å². The predicted molar refractivity (Wildman–Crippen MR) is 70.7 cm³/mol. The molecule has 0 saturated heterocycles.